The molecule has 0 spiro atoms. The number of rotatable bonds is 6. The monoisotopic (exact) mass is 373 g/mol. The summed E-state index contributed by atoms with van der Waals surface area (Å²) < 4.78 is 7.44. The van der Waals surface area contributed by atoms with Crippen LogP contribution in [-0.2, 0) is 13.0 Å². The molecule has 7 heteroatoms. The molecule has 28 heavy (non-hydrogen) atoms. The van der Waals surface area contributed by atoms with E-state index in [-0.39, 0.29) is 11.6 Å². The van der Waals surface area contributed by atoms with Gasteiger partial charge in [-0.15, -0.1) is 0 Å². The molecule has 7 nitrogen and oxygen atoms in total. The highest BCUT2D eigenvalue weighted by Crippen LogP contribution is 2.39. The largest absolute Gasteiger partial charge is 0.448 e. The first-order valence-corrected chi connectivity index (χ1v) is 9.40. The molecule has 0 aliphatic heterocycles. The highest BCUT2D eigenvalue weighted by atomic mass is 16.3. The zero-order chi connectivity index (χ0) is 18.9. The second-order valence-corrected chi connectivity index (χ2v) is 6.95. The van der Waals surface area contributed by atoms with Crippen LogP contribution in [0.4, 0.5) is 5.95 Å². The molecular formula is C21H19N5O2. The van der Waals surface area contributed by atoms with Crippen molar-refractivity contribution in [2.24, 2.45) is 0 Å². The van der Waals surface area contributed by atoms with Gasteiger partial charge in [-0.2, -0.15) is 0 Å². The third-order valence-electron chi connectivity index (χ3n) is 4.88. The topological polar surface area (TPSA) is 85.8 Å². The number of anilines is 1. The molecule has 3 aromatic heterocycles. The van der Waals surface area contributed by atoms with E-state index in [0.29, 0.717) is 24.3 Å². The summed E-state index contributed by atoms with van der Waals surface area (Å²) in [5.41, 5.74) is 3.07. The minimum atomic E-state index is -0.315. The summed E-state index contributed by atoms with van der Waals surface area (Å²) in [4.78, 5) is 26.0. The van der Waals surface area contributed by atoms with E-state index >= 15 is 0 Å². The molecule has 1 aliphatic carbocycles. The summed E-state index contributed by atoms with van der Waals surface area (Å²) in [6.45, 7) is 0.652. The number of benzene rings is 1. The maximum Gasteiger partial charge on any atom is 0.279 e. The predicted octanol–water partition coefficient (Wildman–Crippen LogP) is 3.79. The molecule has 0 bridgehead atoms. The van der Waals surface area contributed by atoms with E-state index in [1.54, 1.807) is 6.20 Å². The lowest BCUT2D eigenvalue weighted by Crippen LogP contribution is -2.17. The second kappa shape index (κ2) is 6.92. The molecule has 1 fully saturated rings. The van der Waals surface area contributed by atoms with Crippen molar-refractivity contribution < 1.29 is 9.21 Å². The second-order valence-electron chi connectivity index (χ2n) is 6.95. The fourth-order valence-electron chi connectivity index (χ4n) is 3.24. The van der Waals surface area contributed by atoms with Gasteiger partial charge in [-0.1, -0.05) is 18.2 Å². The Morgan fingerprint density at radius 2 is 2.00 bits per heavy atom. The number of imidazole rings is 1. The molecule has 1 amide bonds. The van der Waals surface area contributed by atoms with Crippen molar-refractivity contribution in [2.75, 3.05) is 5.32 Å². The molecule has 1 N–H and O–H groups in total. The molecule has 0 saturated heterocycles. The van der Waals surface area contributed by atoms with Crippen molar-refractivity contribution in [2.45, 2.75) is 31.7 Å². The van der Waals surface area contributed by atoms with Gasteiger partial charge in [0.05, 0.1) is 11.0 Å². The number of amides is 1. The van der Waals surface area contributed by atoms with Crippen LogP contribution in [0.5, 0.6) is 0 Å². The minimum Gasteiger partial charge on any atom is -0.448 e. The average Bonchev–Trinajstić information content (AvgIpc) is 3.35. The lowest BCUT2D eigenvalue weighted by atomic mass is 10.2. The van der Waals surface area contributed by atoms with Crippen LogP contribution in [0.3, 0.4) is 0 Å². The standard InChI is InChI=1S/C21H19N5O2/c27-19(17-13-28-20(23-17)14-8-9-14)25-21-24-16-6-1-2-7-18(16)26(21)12-10-15-5-3-4-11-22-15/h1-7,11,13-14H,8-10,12H2,(H,24,25,27). The van der Waals surface area contributed by atoms with Gasteiger partial charge in [0, 0.05) is 30.8 Å². The Morgan fingerprint density at radius 1 is 1.14 bits per heavy atom. The van der Waals surface area contributed by atoms with Gasteiger partial charge in [0.1, 0.15) is 6.26 Å². The van der Waals surface area contributed by atoms with Gasteiger partial charge in [-0.3, -0.25) is 15.1 Å². The van der Waals surface area contributed by atoms with Crippen molar-refractivity contribution in [3.05, 3.63) is 72.2 Å². The number of hydrogen-bond acceptors (Lipinski definition) is 5. The lowest BCUT2D eigenvalue weighted by Gasteiger charge is -2.09. The molecule has 3 heterocycles. The number of oxazole rings is 1. The van der Waals surface area contributed by atoms with Gasteiger partial charge in [-0.25, -0.2) is 9.97 Å². The summed E-state index contributed by atoms with van der Waals surface area (Å²) in [5, 5.41) is 2.90. The zero-order valence-electron chi connectivity index (χ0n) is 15.2. The molecule has 4 aromatic rings. The van der Waals surface area contributed by atoms with Crippen LogP contribution in [0.25, 0.3) is 11.0 Å². The zero-order valence-corrected chi connectivity index (χ0v) is 15.2. The maximum atomic E-state index is 12.7. The number of pyridine rings is 1. The van der Waals surface area contributed by atoms with Gasteiger partial charge < -0.3 is 8.98 Å². The van der Waals surface area contributed by atoms with E-state index in [1.807, 2.05) is 47.0 Å². The summed E-state index contributed by atoms with van der Waals surface area (Å²) in [5.74, 6) is 1.20. The first kappa shape index (κ1) is 16.7. The third kappa shape index (κ3) is 3.26. The van der Waals surface area contributed by atoms with Crippen LogP contribution < -0.4 is 5.32 Å². The lowest BCUT2D eigenvalue weighted by molar-refractivity contribution is 0.102. The molecule has 5 rings (SSSR count). The van der Waals surface area contributed by atoms with E-state index in [1.165, 1.54) is 6.26 Å². The molecule has 1 aromatic carbocycles. The number of aromatic nitrogens is 4. The van der Waals surface area contributed by atoms with Gasteiger partial charge in [0.15, 0.2) is 11.6 Å². The smallest absolute Gasteiger partial charge is 0.279 e. The molecular weight excluding hydrogens is 354 g/mol. The van der Waals surface area contributed by atoms with Gasteiger partial charge >= 0.3 is 0 Å². The van der Waals surface area contributed by atoms with Crippen molar-refractivity contribution in [3.63, 3.8) is 0 Å². The molecule has 1 aliphatic rings. The summed E-state index contributed by atoms with van der Waals surface area (Å²) in [6, 6.07) is 13.7. The Bertz CT molecular complexity index is 1130. The van der Waals surface area contributed by atoms with Crippen LogP contribution in [0.1, 0.15) is 40.8 Å². The van der Waals surface area contributed by atoms with Crippen LogP contribution >= 0.6 is 0 Å². The Morgan fingerprint density at radius 3 is 2.82 bits per heavy atom. The summed E-state index contributed by atoms with van der Waals surface area (Å²) in [7, 11) is 0. The highest BCUT2D eigenvalue weighted by Gasteiger charge is 2.29. The number of fused-ring (bicyclic) bond motifs is 1. The number of carbonyl (C=O) groups is 1. The first-order chi connectivity index (χ1) is 13.8. The Balaban J connectivity index is 1.41. The molecule has 0 unspecified atom stereocenters. The fourth-order valence-corrected chi connectivity index (χ4v) is 3.24. The Kier molecular flexibility index (Phi) is 4.12. The van der Waals surface area contributed by atoms with Crippen LogP contribution in [-0.4, -0.2) is 25.4 Å². The van der Waals surface area contributed by atoms with Crippen LogP contribution in [0.2, 0.25) is 0 Å². The van der Waals surface area contributed by atoms with E-state index in [2.05, 4.69) is 20.3 Å². The van der Waals surface area contributed by atoms with Gasteiger partial charge in [0.2, 0.25) is 5.95 Å². The number of carbonyl (C=O) groups excluding carboxylic acids is 1. The molecule has 0 atom stereocenters. The van der Waals surface area contributed by atoms with Gasteiger partial charge in [-0.05, 0) is 37.1 Å². The summed E-state index contributed by atoms with van der Waals surface area (Å²) in [6.07, 6.45) is 6.09. The van der Waals surface area contributed by atoms with Crippen LogP contribution in [0, 0.1) is 0 Å². The third-order valence-corrected chi connectivity index (χ3v) is 4.88. The predicted molar refractivity (Wildman–Crippen MR) is 104 cm³/mol. The van der Waals surface area contributed by atoms with Crippen molar-refractivity contribution in [1.29, 1.82) is 0 Å². The van der Waals surface area contributed by atoms with Gasteiger partial charge in [0.25, 0.3) is 5.91 Å². The van der Waals surface area contributed by atoms with Crippen molar-refractivity contribution in [1.82, 2.24) is 19.5 Å². The average molecular weight is 373 g/mol. The maximum absolute atomic E-state index is 12.7. The Labute approximate surface area is 161 Å². The number of hydrogen-bond donors (Lipinski definition) is 1. The molecule has 1 saturated carbocycles. The quantitative estimate of drug-likeness (QED) is 0.556. The number of nitrogens with zero attached hydrogens (tertiary/aromatic N) is 4. The minimum absolute atomic E-state index is 0.283. The van der Waals surface area contributed by atoms with E-state index in [0.717, 1.165) is 36.0 Å². The number of para-hydroxylation sites is 2. The fraction of sp³-hybridized carbons (Fsp3) is 0.238. The molecule has 0 radical (unpaired) electrons. The number of aryl methyl sites for hydroxylation is 2. The summed E-state index contributed by atoms with van der Waals surface area (Å²) >= 11 is 0. The number of nitrogens with one attached hydrogen (secondary N) is 1. The molecule has 140 valence electrons. The van der Waals surface area contributed by atoms with E-state index in [9.17, 15) is 4.79 Å². The van der Waals surface area contributed by atoms with Crippen molar-refractivity contribution in [3.8, 4) is 0 Å². The SMILES string of the molecule is O=C(Nc1nc2ccccc2n1CCc1ccccn1)c1coc(C2CC2)n1. The normalized spacial score (nSPS) is 13.7. The Hall–Kier alpha value is -3.48. The van der Waals surface area contributed by atoms with Crippen molar-refractivity contribution >= 4 is 22.9 Å². The van der Waals surface area contributed by atoms with E-state index < -0.39 is 0 Å². The van der Waals surface area contributed by atoms with E-state index in [4.69, 9.17) is 4.42 Å². The first-order valence-electron chi connectivity index (χ1n) is 9.40. The highest BCUT2D eigenvalue weighted by molar-refractivity contribution is 6.02. The van der Waals surface area contributed by atoms with Crippen LogP contribution in [0.15, 0.2) is 59.3 Å².